The lowest BCUT2D eigenvalue weighted by atomic mass is 9.97. The van der Waals surface area contributed by atoms with E-state index in [4.69, 9.17) is 10.5 Å². The molecule has 1 rings (SSSR count). The zero-order valence-electron chi connectivity index (χ0n) is 6.66. The highest BCUT2D eigenvalue weighted by Gasteiger charge is 2.39. The molecule has 0 radical (unpaired) electrons. The molecule has 12 heavy (non-hydrogen) atoms. The van der Waals surface area contributed by atoms with Crippen molar-refractivity contribution in [3.8, 4) is 0 Å². The normalized spacial score (nSPS) is 33.7. The number of amides is 1. The van der Waals surface area contributed by atoms with E-state index in [1.54, 1.807) is 19.3 Å². The summed E-state index contributed by atoms with van der Waals surface area (Å²) < 4.78 is 4.39. The predicted octanol–water partition coefficient (Wildman–Crippen LogP) is 0.786. The molecule has 0 fully saturated rings. The summed E-state index contributed by atoms with van der Waals surface area (Å²) in [7, 11) is 1.56. The third-order valence-electron chi connectivity index (χ3n) is 1.78. The Morgan fingerprint density at radius 2 is 2.33 bits per heavy atom. The smallest absolute Gasteiger partial charge is 0.240 e. The summed E-state index contributed by atoms with van der Waals surface area (Å²) in [6.07, 6.45) is 6.95. The zero-order valence-corrected chi connectivity index (χ0v) is 8.82. The van der Waals surface area contributed by atoms with Gasteiger partial charge in [0.2, 0.25) is 5.91 Å². The van der Waals surface area contributed by atoms with Crippen molar-refractivity contribution in [3.63, 3.8) is 0 Å². The van der Waals surface area contributed by atoms with Gasteiger partial charge in [0.15, 0.2) is 0 Å². The Hall–Kier alpha value is -0.360. The number of allylic oxidation sites excluding steroid dienone is 2. The molecule has 0 heterocycles. The second-order valence-corrected chi connectivity index (χ2v) is 4.32. The fourth-order valence-electron chi connectivity index (χ4n) is 1.07. The van der Waals surface area contributed by atoms with E-state index in [-0.39, 0.29) is 12.0 Å². The molecule has 2 atom stereocenters. The number of carbonyl (C=O) groups excluding carboxylic acids is 1. The van der Waals surface area contributed by atoms with Gasteiger partial charge in [-0.15, -0.1) is 0 Å². The Balaban J connectivity index is 2.94. The van der Waals surface area contributed by atoms with Crippen LogP contribution < -0.4 is 5.73 Å². The lowest BCUT2D eigenvalue weighted by Crippen LogP contribution is -2.47. The Morgan fingerprint density at radius 1 is 1.67 bits per heavy atom. The van der Waals surface area contributed by atoms with Crippen molar-refractivity contribution < 1.29 is 9.53 Å². The highest BCUT2D eigenvalue weighted by molar-refractivity contribution is 14.1. The molecule has 0 aliphatic heterocycles. The lowest BCUT2D eigenvalue weighted by Gasteiger charge is -2.28. The first-order valence-corrected chi connectivity index (χ1v) is 4.57. The second kappa shape index (κ2) is 3.57. The minimum Gasteiger partial charge on any atom is -0.375 e. The third-order valence-corrected chi connectivity index (χ3v) is 3.29. The minimum absolute atomic E-state index is 0.263. The number of ether oxygens (including phenoxy) is 1. The summed E-state index contributed by atoms with van der Waals surface area (Å²) in [5.74, 6) is -0.379. The highest BCUT2D eigenvalue weighted by Crippen LogP contribution is 2.30. The molecule has 2 N–H and O–H groups in total. The van der Waals surface area contributed by atoms with Crippen molar-refractivity contribution in [2.45, 2.75) is 9.53 Å². The summed E-state index contributed by atoms with van der Waals surface area (Å²) >= 11 is 2.00. The largest absolute Gasteiger partial charge is 0.375 e. The molecule has 0 aromatic rings. The second-order valence-electron chi connectivity index (χ2n) is 2.53. The quantitative estimate of drug-likeness (QED) is 0.600. The first-order valence-electron chi connectivity index (χ1n) is 3.49. The van der Waals surface area contributed by atoms with Gasteiger partial charge in [-0.25, -0.2) is 0 Å². The maximum Gasteiger partial charge on any atom is 0.240 e. The van der Waals surface area contributed by atoms with Crippen molar-refractivity contribution in [1.29, 1.82) is 0 Å². The van der Waals surface area contributed by atoms with Crippen LogP contribution in [0, 0.1) is 0 Å². The highest BCUT2D eigenvalue weighted by atomic mass is 127. The molecule has 4 heteroatoms. The van der Waals surface area contributed by atoms with Crippen LogP contribution in [0.25, 0.3) is 0 Å². The van der Waals surface area contributed by atoms with Gasteiger partial charge < -0.3 is 10.5 Å². The van der Waals surface area contributed by atoms with E-state index < -0.39 is 3.42 Å². The van der Waals surface area contributed by atoms with Crippen LogP contribution in [0.1, 0.15) is 0 Å². The summed E-state index contributed by atoms with van der Waals surface area (Å²) in [6, 6.07) is 0. The van der Waals surface area contributed by atoms with Crippen molar-refractivity contribution >= 4 is 28.5 Å². The van der Waals surface area contributed by atoms with Gasteiger partial charge in [0.05, 0.1) is 0 Å². The first-order chi connectivity index (χ1) is 5.61. The lowest BCUT2D eigenvalue weighted by molar-refractivity contribution is -0.120. The molecule has 3 nitrogen and oxygen atoms in total. The molecule has 0 aromatic carbocycles. The molecule has 2 unspecified atom stereocenters. The van der Waals surface area contributed by atoms with Crippen molar-refractivity contribution in [2.24, 2.45) is 5.73 Å². The first kappa shape index (κ1) is 9.73. The molecule has 1 amide bonds. The van der Waals surface area contributed by atoms with E-state index in [1.165, 1.54) is 0 Å². The van der Waals surface area contributed by atoms with Crippen molar-refractivity contribution in [3.05, 3.63) is 24.3 Å². The number of nitrogens with two attached hydrogens (primary N) is 1. The fourth-order valence-corrected chi connectivity index (χ4v) is 1.74. The number of alkyl halides is 1. The molecular weight excluding hydrogens is 269 g/mol. The van der Waals surface area contributed by atoms with E-state index in [0.717, 1.165) is 0 Å². The van der Waals surface area contributed by atoms with Crippen molar-refractivity contribution in [1.82, 2.24) is 0 Å². The number of rotatable bonds is 2. The Kier molecular flexibility index (Phi) is 2.89. The van der Waals surface area contributed by atoms with Gasteiger partial charge in [-0.05, 0) is 0 Å². The van der Waals surface area contributed by atoms with Crippen LogP contribution in [0.4, 0.5) is 0 Å². The molecule has 1 aliphatic rings. The molecular formula is C8H10INO2. The summed E-state index contributed by atoms with van der Waals surface area (Å²) in [4.78, 5) is 11.1. The van der Waals surface area contributed by atoms with Gasteiger partial charge in [0.1, 0.15) is 9.53 Å². The van der Waals surface area contributed by atoms with Crippen LogP contribution in [-0.2, 0) is 9.53 Å². The van der Waals surface area contributed by atoms with Crippen LogP contribution in [0.5, 0.6) is 0 Å². The van der Waals surface area contributed by atoms with Gasteiger partial charge in [0, 0.05) is 7.11 Å². The topological polar surface area (TPSA) is 52.3 Å². The molecule has 0 saturated heterocycles. The van der Waals surface area contributed by atoms with Gasteiger partial charge >= 0.3 is 0 Å². The van der Waals surface area contributed by atoms with Crippen LogP contribution in [0.3, 0.4) is 0 Å². The van der Waals surface area contributed by atoms with E-state index in [9.17, 15) is 4.79 Å². The Bertz CT molecular complexity index is 249. The molecule has 1 aliphatic carbocycles. The molecule has 66 valence electrons. The molecule has 0 spiro atoms. The number of hydrogen-bond acceptors (Lipinski definition) is 2. The Labute approximate surface area is 84.8 Å². The average molecular weight is 279 g/mol. The average Bonchev–Trinajstić information content (AvgIpc) is 2.05. The van der Waals surface area contributed by atoms with Gasteiger partial charge in [-0.2, -0.15) is 0 Å². The number of hydrogen-bond donors (Lipinski definition) is 1. The zero-order chi connectivity index (χ0) is 9.19. The van der Waals surface area contributed by atoms with Gasteiger partial charge in [0.25, 0.3) is 0 Å². The van der Waals surface area contributed by atoms with E-state index in [1.807, 2.05) is 34.7 Å². The SMILES string of the molecule is COC1C=CC=CC1(I)C(N)=O. The maximum atomic E-state index is 11.1. The number of methoxy groups -OCH3 is 1. The number of primary amides is 1. The third kappa shape index (κ3) is 1.54. The summed E-state index contributed by atoms with van der Waals surface area (Å²) in [5, 5.41) is 0. The standard InChI is InChI=1S/C8H10INO2/c1-12-6-4-2-3-5-8(6,9)7(10)11/h2-6H,1H3,(H2,10,11). The molecule has 0 bridgehead atoms. The van der Waals surface area contributed by atoms with Gasteiger partial charge in [-0.3, -0.25) is 4.79 Å². The van der Waals surface area contributed by atoms with Crippen LogP contribution >= 0.6 is 22.6 Å². The predicted molar refractivity (Wildman–Crippen MR) is 55.0 cm³/mol. The minimum atomic E-state index is -0.735. The molecule has 0 saturated carbocycles. The van der Waals surface area contributed by atoms with Crippen LogP contribution in [0.2, 0.25) is 0 Å². The maximum absolute atomic E-state index is 11.1. The van der Waals surface area contributed by atoms with Gasteiger partial charge in [-0.1, -0.05) is 46.9 Å². The van der Waals surface area contributed by atoms with E-state index in [0.29, 0.717) is 0 Å². The Morgan fingerprint density at radius 3 is 2.75 bits per heavy atom. The summed E-state index contributed by atoms with van der Waals surface area (Å²) in [6.45, 7) is 0. The van der Waals surface area contributed by atoms with E-state index >= 15 is 0 Å². The molecule has 0 aromatic heterocycles. The fraction of sp³-hybridized carbons (Fsp3) is 0.375. The van der Waals surface area contributed by atoms with Crippen LogP contribution in [0.15, 0.2) is 24.3 Å². The van der Waals surface area contributed by atoms with Crippen LogP contribution in [-0.4, -0.2) is 22.5 Å². The van der Waals surface area contributed by atoms with E-state index in [2.05, 4.69) is 0 Å². The number of carbonyl (C=O) groups is 1. The van der Waals surface area contributed by atoms with Crippen molar-refractivity contribution in [2.75, 3.05) is 7.11 Å². The number of halogens is 1. The summed E-state index contributed by atoms with van der Waals surface area (Å²) in [5.41, 5.74) is 5.26. The monoisotopic (exact) mass is 279 g/mol.